The molecule has 3 nitrogen and oxygen atoms in total. The maximum Gasteiger partial charge on any atom is 0.237 e. The molecule has 19 heavy (non-hydrogen) atoms. The second-order valence-corrected chi connectivity index (χ2v) is 5.95. The van der Waals surface area contributed by atoms with E-state index in [1.807, 2.05) is 26.0 Å². The van der Waals surface area contributed by atoms with E-state index in [9.17, 15) is 9.18 Å². The highest BCUT2D eigenvalue weighted by molar-refractivity contribution is 9.10. The van der Waals surface area contributed by atoms with E-state index < -0.39 is 12.2 Å². The van der Waals surface area contributed by atoms with Crippen molar-refractivity contribution < 1.29 is 9.18 Å². The Kier molecular flexibility index (Phi) is 4.58. The van der Waals surface area contributed by atoms with Crippen LogP contribution in [-0.2, 0) is 11.3 Å². The third-order valence-electron chi connectivity index (χ3n) is 3.49. The van der Waals surface area contributed by atoms with E-state index in [-0.39, 0.29) is 18.9 Å². The average Bonchev–Trinajstić information content (AvgIpc) is 2.74. The number of carbonyl (C=O) groups excluding carboxylic acids is 1. The molecule has 0 aliphatic carbocycles. The lowest BCUT2D eigenvalue weighted by atomic mass is 10.0. The summed E-state index contributed by atoms with van der Waals surface area (Å²) in [5, 5.41) is 5.77. The zero-order chi connectivity index (χ0) is 14.0. The minimum atomic E-state index is -0.910. The number of benzene rings is 1. The lowest BCUT2D eigenvalue weighted by Gasteiger charge is -2.14. The maximum absolute atomic E-state index is 13.0. The molecule has 1 heterocycles. The maximum atomic E-state index is 13.0. The van der Waals surface area contributed by atoms with Crippen LogP contribution in [0.1, 0.15) is 23.1 Å². The van der Waals surface area contributed by atoms with Crippen molar-refractivity contribution in [2.24, 2.45) is 0 Å². The Morgan fingerprint density at radius 3 is 2.63 bits per heavy atom. The van der Waals surface area contributed by atoms with Gasteiger partial charge in [0.05, 0.1) is 6.04 Å². The highest BCUT2D eigenvalue weighted by Crippen LogP contribution is 2.20. The van der Waals surface area contributed by atoms with Gasteiger partial charge in [0.15, 0.2) is 0 Å². The zero-order valence-electron chi connectivity index (χ0n) is 11.1. The van der Waals surface area contributed by atoms with E-state index in [4.69, 9.17) is 0 Å². The first kappa shape index (κ1) is 14.5. The van der Waals surface area contributed by atoms with Crippen LogP contribution < -0.4 is 10.6 Å². The number of nitrogens with one attached hydrogen (secondary N) is 2. The van der Waals surface area contributed by atoms with Crippen LogP contribution in [0.2, 0.25) is 0 Å². The van der Waals surface area contributed by atoms with Crippen molar-refractivity contribution in [3.05, 3.63) is 33.3 Å². The van der Waals surface area contributed by atoms with Crippen molar-refractivity contribution in [1.82, 2.24) is 10.6 Å². The molecule has 5 heteroatoms. The Bertz CT molecular complexity index is 469. The van der Waals surface area contributed by atoms with Crippen molar-refractivity contribution in [1.29, 1.82) is 0 Å². The van der Waals surface area contributed by atoms with E-state index in [1.54, 1.807) is 0 Å². The predicted octanol–water partition coefficient (Wildman–Crippen LogP) is 2.38. The van der Waals surface area contributed by atoms with Gasteiger partial charge in [0.25, 0.3) is 0 Å². The van der Waals surface area contributed by atoms with Gasteiger partial charge in [-0.05, 0) is 42.7 Å². The molecule has 0 unspecified atom stereocenters. The molecule has 2 N–H and O–H groups in total. The van der Waals surface area contributed by atoms with Gasteiger partial charge in [0.2, 0.25) is 5.91 Å². The fraction of sp³-hybridized carbons (Fsp3) is 0.500. The highest BCUT2D eigenvalue weighted by atomic mass is 79.9. The van der Waals surface area contributed by atoms with Gasteiger partial charge < -0.3 is 10.6 Å². The predicted molar refractivity (Wildman–Crippen MR) is 76.8 cm³/mol. The number of halogens is 2. The van der Waals surface area contributed by atoms with Crippen LogP contribution >= 0.6 is 15.9 Å². The van der Waals surface area contributed by atoms with Crippen molar-refractivity contribution >= 4 is 21.8 Å². The molecule has 0 aromatic heterocycles. The Morgan fingerprint density at radius 1 is 1.47 bits per heavy atom. The summed E-state index contributed by atoms with van der Waals surface area (Å²) in [5.41, 5.74) is 3.39. The first-order valence-electron chi connectivity index (χ1n) is 6.38. The molecule has 0 spiro atoms. The van der Waals surface area contributed by atoms with Gasteiger partial charge >= 0.3 is 0 Å². The van der Waals surface area contributed by atoms with Crippen LogP contribution in [0.15, 0.2) is 16.6 Å². The summed E-state index contributed by atoms with van der Waals surface area (Å²) in [6.07, 6.45) is -0.642. The average molecular weight is 329 g/mol. The van der Waals surface area contributed by atoms with Crippen molar-refractivity contribution in [2.45, 2.75) is 39.0 Å². The van der Waals surface area contributed by atoms with Gasteiger partial charge in [-0.2, -0.15) is 0 Å². The molecule has 1 saturated heterocycles. The van der Waals surface area contributed by atoms with Crippen LogP contribution in [0.4, 0.5) is 4.39 Å². The minimum absolute atomic E-state index is 0.123. The lowest BCUT2D eigenvalue weighted by Crippen LogP contribution is -2.40. The van der Waals surface area contributed by atoms with E-state index in [0.29, 0.717) is 6.54 Å². The van der Waals surface area contributed by atoms with E-state index in [1.165, 1.54) is 0 Å². The van der Waals surface area contributed by atoms with E-state index in [0.717, 1.165) is 21.2 Å². The van der Waals surface area contributed by atoms with Crippen LogP contribution in [0, 0.1) is 13.8 Å². The number of carbonyl (C=O) groups is 1. The smallest absolute Gasteiger partial charge is 0.237 e. The molecular formula is C14H18BrFN2O. The van der Waals surface area contributed by atoms with Crippen molar-refractivity contribution in [3.8, 4) is 0 Å². The second kappa shape index (κ2) is 6.01. The number of hydrogen-bond acceptors (Lipinski definition) is 2. The largest absolute Gasteiger partial charge is 0.351 e. The summed E-state index contributed by atoms with van der Waals surface area (Å²) in [6, 6.07) is 3.66. The Labute approximate surface area is 121 Å². The topological polar surface area (TPSA) is 41.1 Å². The fourth-order valence-corrected chi connectivity index (χ4v) is 3.10. The van der Waals surface area contributed by atoms with Crippen LogP contribution in [0.25, 0.3) is 0 Å². The van der Waals surface area contributed by atoms with Gasteiger partial charge in [-0.1, -0.05) is 15.9 Å². The summed E-state index contributed by atoms with van der Waals surface area (Å²) < 4.78 is 14.1. The number of aryl methyl sites for hydroxylation is 2. The Hall–Kier alpha value is -0.940. The first-order chi connectivity index (χ1) is 8.97. The molecule has 1 aromatic carbocycles. The van der Waals surface area contributed by atoms with Crippen LogP contribution in [0.5, 0.6) is 0 Å². The minimum Gasteiger partial charge on any atom is -0.351 e. The third-order valence-corrected chi connectivity index (χ3v) is 3.95. The number of amides is 1. The van der Waals surface area contributed by atoms with Crippen LogP contribution in [-0.4, -0.2) is 24.7 Å². The monoisotopic (exact) mass is 328 g/mol. The van der Waals surface area contributed by atoms with E-state index >= 15 is 0 Å². The third kappa shape index (κ3) is 3.54. The van der Waals surface area contributed by atoms with Crippen LogP contribution in [0.3, 0.4) is 0 Å². The normalized spacial score (nSPS) is 22.5. The zero-order valence-corrected chi connectivity index (χ0v) is 12.7. The summed E-state index contributed by atoms with van der Waals surface area (Å²) >= 11 is 3.45. The first-order valence-corrected chi connectivity index (χ1v) is 7.17. The molecule has 1 aliphatic rings. The standard InChI is InChI=1S/C14H18BrFN2O/c1-8-3-10(15)4-9(2)12(8)7-18-14(19)13-5-11(16)6-17-13/h3-4,11,13,17H,5-7H2,1-2H3,(H,18,19)/t11-,13+/m0/s1. The number of hydrogen-bond donors (Lipinski definition) is 2. The number of alkyl halides is 1. The summed E-state index contributed by atoms with van der Waals surface area (Å²) in [4.78, 5) is 11.9. The molecule has 0 bridgehead atoms. The Balaban J connectivity index is 1.97. The SMILES string of the molecule is Cc1cc(Br)cc(C)c1CNC(=O)[C@H]1C[C@H](F)CN1. The molecule has 0 saturated carbocycles. The molecule has 2 atom stereocenters. The summed E-state index contributed by atoms with van der Waals surface area (Å²) in [5.74, 6) is -0.123. The lowest BCUT2D eigenvalue weighted by molar-refractivity contribution is -0.123. The number of rotatable bonds is 3. The highest BCUT2D eigenvalue weighted by Gasteiger charge is 2.28. The molecule has 1 aliphatic heterocycles. The molecule has 2 rings (SSSR count). The molecule has 104 valence electrons. The van der Waals surface area contributed by atoms with Gasteiger partial charge in [-0.25, -0.2) is 4.39 Å². The fourth-order valence-electron chi connectivity index (χ4n) is 2.41. The Morgan fingerprint density at radius 2 is 2.11 bits per heavy atom. The van der Waals surface area contributed by atoms with Gasteiger partial charge in [-0.15, -0.1) is 0 Å². The second-order valence-electron chi connectivity index (χ2n) is 5.03. The van der Waals surface area contributed by atoms with Crippen molar-refractivity contribution in [2.75, 3.05) is 6.54 Å². The molecule has 0 radical (unpaired) electrons. The van der Waals surface area contributed by atoms with Crippen molar-refractivity contribution in [3.63, 3.8) is 0 Å². The molecule has 1 amide bonds. The molecule has 1 fully saturated rings. The summed E-state index contributed by atoms with van der Waals surface area (Å²) in [6.45, 7) is 4.79. The quantitative estimate of drug-likeness (QED) is 0.894. The van der Waals surface area contributed by atoms with Gasteiger partial charge in [-0.3, -0.25) is 4.79 Å². The van der Waals surface area contributed by atoms with E-state index in [2.05, 4.69) is 26.6 Å². The van der Waals surface area contributed by atoms with Gasteiger partial charge in [0.1, 0.15) is 6.17 Å². The van der Waals surface area contributed by atoms with Gasteiger partial charge in [0, 0.05) is 24.0 Å². The summed E-state index contributed by atoms with van der Waals surface area (Å²) in [7, 11) is 0. The molecular weight excluding hydrogens is 311 g/mol. The molecule has 1 aromatic rings.